The third kappa shape index (κ3) is 2.91. The Morgan fingerprint density at radius 1 is 1.27 bits per heavy atom. The highest BCUT2D eigenvalue weighted by Crippen LogP contribution is 2.16. The number of rotatable bonds is 5. The number of hydrogen-bond acceptors (Lipinski definition) is 4. The second-order valence-electron chi connectivity index (χ2n) is 5.04. The van der Waals surface area contributed by atoms with E-state index in [9.17, 15) is 0 Å². The lowest BCUT2D eigenvalue weighted by Crippen LogP contribution is -2.09. The van der Waals surface area contributed by atoms with Crippen molar-refractivity contribution in [2.45, 2.75) is 19.9 Å². The first-order valence-corrected chi connectivity index (χ1v) is 7.14. The van der Waals surface area contributed by atoms with E-state index in [0.717, 1.165) is 28.3 Å². The number of nitriles is 1. The van der Waals surface area contributed by atoms with Crippen LogP contribution < -0.4 is 4.74 Å². The summed E-state index contributed by atoms with van der Waals surface area (Å²) in [6, 6.07) is 13.8. The molecule has 0 spiro atoms. The van der Waals surface area contributed by atoms with Gasteiger partial charge in [-0.3, -0.25) is 4.57 Å². The molecule has 22 heavy (non-hydrogen) atoms. The molecule has 0 aliphatic rings. The Bertz CT molecular complexity index is 818. The summed E-state index contributed by atoms with van der Waals surface area (Å²) in [5, 5.41) is 9.02. The zero-order chi connectivity index (χ0) is 15.4. The number of aromatic nitrogens is 3. The van der Waals surface area contributed by atoms with Crippen LogP contribution in [0, 0.1) is 18.3 Å². The molecule has 5 nitrogen and oxygen atoms in total. The number of ether oxygens (including phenoxy) is 1. The van der Waals surface area contributed by atoms with Crippen molar-refractivity contribution in [1.29, 1.82) is 5.26 Å². The number of hydrogen-bond donors (Lipinski definition) is 0. The largest absolute Gasteiger partial charge is 0.493 e. The highest BCUT2D eigenvalue weighted by Gasteiger charge is 2.11. The minimum atomic E-state index is 0.243. The van der Waals surface area contributed by atoms with E-state index < -0.39 is 0 Å². The Morgan fingerprint density at radius 2 is 2.09 bits per heavy atom. The van der Waals surface area contributed by atoms with E-state index in [-0.39, 0.29) is 6.54 Å². The van der Waals surface area contributed by atoms with E-state index in [0.29, 0.717) is 13.0 Å². The zero-order valence-corrected chi connectivity index (χ0v) is 12.4. The molecule has 1 aromatic carbocycles. The third-order valence-corrected chi connectivity index (χ3v) is 3.37. The number of imidazole rings is 1. The molecular weight excluding hydrogens is 276 g/mol. The fraction of sp³-hybridized carbons (Fsp3) is 0.235. The normalized spacial score (nSPS) is 10.5. The van der Waals surface area contributed by atoms with Gasteiger partial charge in [0.2, 0.25) is 0 Å². The Hall–Kier alpha value is -2.87. The van der Waals surface area contributed by atoms with Crippen LogP contribution in [0.25, 0.3) is 11.2 Å². The van der Waals surface area contributed by atoms with E-state index in [1.54, 1.807) is 6.20 Å². The fourth-order valence-corrected chi connectivity index (χ4v) is 2.36. The highest BCUT2D eigenvalue weighted by atomic mass is 16.5. The topological polar surface area (TPSA) is 63.7 Å². The number of fused-ring (bicyclic) bond motifs is 1. The van der Waals surface area contributed by atoms with Gasteiger partial charge in [0.05, 0.1) is 12.7 Å². The average Bonchev–Trinajstić information content (AvgIpc) is 2.86. The summed E-state index contributed by atoms with van der Waals surface area (Å²) in [7, 11) is 0. The molecule has 0 saturated heterocycles. The Labute approximate surface area is 128 Å². The molecule has 0 fully saturated rings. The van der Waals surface area contributed by atoms with Gasteiger partial charge in [0.1, 0.15) is 23.6 Å². The van der Waals surface area contributed by atoms with Gasteiger partial charge in [-0.2, -0.15) is 5.26 Å². The van der Waals surface area contributed by atoms with Gasteiger partial charge in [-0.15, -0.1) is 0 Å². The molecule has 3 aromatic rings. The first-order chi connectivity index (χ1) is 10.8. The maximum Gasteiger partial charge on any atom is 0.160 e. The Kier molecular flexibility index (Phi) is 4.01. The summed E-state index contributed by atoms with van der Waals surface area (Å²) in [5.74, 6) is 1.66. The van der Waals surface area contributed by atoms with Gasteiger partial charge >= 0.3 is 0 Å². The summed E-state index contributed by atoms with van der Waals surface area (Å²) >= 11 is 0. The van der Waals surface area contributed by atoms with Crippen molar-refractivity contribution in [3.8, 4) is 11.8 Å². The van der Waals surface area contributed by atoms with Gasteiger partial charge in [0.25, 0.3) is 0 Å². The first-order valence-electron chi connectivity index (χ1n) is 7.14. The summed E-state index contributed by atoms with van der Waals surface area (Å²) in [6.45, 7) is 2.74. The van der Waals surface area contributed by atoms with Crippen LogP contribution in [0.5, 0.6) is 5.75 Å². The smallest absolute Gasteiger partial charge is 0.160 e. The van der Waals surface area contributed by atoms with Crippen molar-refractivity contribution in [3.63, 3.8) is 0 Å². The van der Waals surface area contributed by atoms with Gasteiger partial charge in [-0.25, -0.2) is 9.97 Å². The van der Waals surface area contributed by atoms with Crippen LogP contribution >= 0.6 is 0 Å². The summed E-state index contributed by atoms with van der Waals surface area (Å²) < 4.78 is 7.56. The van der Waals surface area contributed by atoms with Crippen LogP contribution in [0.2, 0.25) is 0 Å². The van der Waals surface area contributed by atoms with Crippen LogP contribution in [0.3, 0.4) is 0 Å². The second-order valence-corrected chi connectivity index (χ2v) is 5.04. The van der Waals surface area contributed by atoms with Crippen molar-refractivity contribution in [2.24, 2.45) is 0 Å². The maximum atomic E-state index is 9.02. The monoisotopic (exact) mass is 292 g/mol. The van der Waals surface area contributed by atoms with Crippen molar-refractivity contribution in [2.75, 3.05) is 6.61 Å². The molecule has 0 unspecified atom stereocenters. The van der Waals surface area contributed by atoms with Crippen LogP contribution in [-0.4, -0.2) is 21.1 Å². The first kappa shape index (κ1) is 14.1. The summed E-state index contributed by atoms with van der Waals surface area (Å²) in [6.07, 6.45) is 2.42. The van der Waals surface area contributed by atoms with E-state index in [2.05, 4.69) is 16.0 Å². The summed E-state index contributed by atoms with van der Waals surface area (Å²) in [5.41, 5.74) is 2.63. The molecule has 0 radical (unpaired) electrons. The minimum Gasteiger partial charge on any atom is -0.493 e. The van der Waals surface area contributed by atoms with E-state index in [1.807, 2.05) is 47.9 Å². The SMILES string of the molecule is Cc1cnc2c(c1)nc(CCOc1ccccc1)n2CC#N. The lowest BCUT2D eigenvalue weighted by atomic mass is 10.3. The van der Waals surface area contributed by atoms with Gasteiger partial charge in [0.15, 0.2) is 5.65 Å². The maximum absolute atomic E-state index is 9.02. The molecule has 2 heterocycles. The van der Waals surface area contributed by atoms with Gasteiger partial charge < -0.3 is 4.74 Å². The van der Waals surface area contributed by atoms with Crippen LogP contribution in [0.4, 0.5) is 0 Å². The molecule has 3 rings (SSSR count). The average molecular weight is 292 g/mol. The van der Waals surface area contributed by atoms with Gasteiger partial charge in [-0.1, -0.05) is 18.2 Å². The Balaban J connectivity index is 1.80. The number of para-hydroxylation sites is 1. The predicted molar refractivity (Wildman–Crippen MR) is 83.5 cm³/mol. The number of pyridine rings is 1. The predicted octanol–water partition coefficient (Wildman–Crippen LogP) is 2.88. The fourth-order valence-electron chi connectivity index (χ4n) is 2.36. The molecule has 5 heteroatoms. The second kappa shape index (κ2) is 6.27. The molecule has 2 aromatic heterocycles. The van der Waals surface area contributed by atoms with Crippen molar-refractivity contribution in [1.82, 2.24) is 14.5 Å². The molecular formula is C17H16N4O. The Morgan fingerprint density at radius 3 is 2.86 bits per heavy atom. The molecule has 0 amide bonds. The van der Waals surface area contributed by atoms with E-state index >= 15 is 0 Å². The number of benzene rings is 1. The summed E-state index contributed by atoms with van der Waals surface area (Å²) in [4.78, 5) is 8.99. The lowest BCUT2D eigenvalue weighted by Gasteiger charge is -2.06. The van der Waals surface area contributed by atoms with Crippen LogP contribution in [-0.2, 0) is 13.0 Å². The van der Waals surface area contributed by atoms with Crippen molar-refractivity contribution >= 4 is 11.2 Å². The van der Waals surface area contributed by atoms with Crippen molar-refractivity contribution in [3.05, 3.63) is 54.0 Å². The zero-order valence-electron chi connectivity index (χ0n) is 12.4. The third-order valence-electron chi connectivity index (χ3n) is 3.37. The van der Waals surface area contributed by atoms with Gasteiger partial charge in [0, 0.05) is 12.6 Å². The van der Waals surface area contributed by atoms with E-state index in [1.165, 1.54) is 0 Å². The molecule has 0 aliphatic heterocycles. The highest BCUT2D eigenvalue weighted by molar-refractivity contribution is 5.72. The lowest BCUT2D eigenvalue weighted by molar-refractivity contribution is 0.317. The standard InChI is InChI=1S/C17H16N4O/c1-13-11-15-17(19-12-13)21(9-8-18)16(20-15)7-10-22-14-5-3-2-4-6-14/h2-6,11-12H,7,9-10H2,1H3. The molecule has 0 saturated carbocycles. The minimum absolute atomic E-state index is 0.243. The molecule has 0 aliphatic carbocycles. The van der Waals surface area contributed by atoms with Gasteiger partial charge in [-0.05, 0) is 30.7 Å². The molecule has 0 atom stereocenters. The number of aryl methyl sites for hydroxylation is 1. The molecule has 0 bridgehead atoms. The quantitative estimate of drug-likeness (QED) is 0.725. The molecule has 110 valence electrons. The van der Waals surface area contributed by atoms with E-state index in [4.69, 9.17) is 10.00 Å². The molecule has 0 N–H and O–H groups in total. The number of nitrogens with zero attached hydrogens (tertiary/aromatic N) is 4. The van der Waals surface area contributed by atoms with Crippen LogP contribution in [0.1, 0.15) is 11.4 Å². The van der Waals surface area contributed by atoms with Crippen molar-refractivity contribution < 1.29 is 4.74 Å². The van der Waals surface area contributed by atoms with Crippen LogP contribution in [0.15, 0.2) is 42.6 Å².